The van der Waals surface area contributed by atoms with E-state index in [0.29, 0.717) is 34.4 Å². The van der Waals surface area contributed by atoms with Crippen LogP contribution in [0.3, 0.4) is 0 Å². The average Bonchev–Trinajstić information content (AvgIpc) is 3.74. The highest BCUT2D eigenvalue weighted by molar-refractivity contribution is 7.93. The van der Waals surface area contributed by atoms with Gasteiger partial charge in [-0.15, -0.1) is 11.3 Å². The Balaban J connectivity index is 1.42. The van der Waals surface area contributed by atoms with Crippen LogP contribution in [0.4, 0.5) is 10.1 Å². The molecule has 0 spiro atoms. The van der Waals surface area contributed by atoms with Gasteiger partial charge >= 0.3 is 0 Å². The maximum absolute atomic E-state index is 14.3. The molecule has 1 atom stereocenters. The SMILES string of the molecule is COc1ccc(C2CC(c3cccs3)=NN2C(=O)CN(c2ccc(F)cc2)S(=O)(=O)c2cccc3cnccc23)cc1OC. The van der Waals surface area contributed by atoms with Crippen LogP contribution in [0.1, 0.15) is 22.9 Å². The Bertz CT molecular complexity index is 1960. The first kappa shape index (κ1) is 29.3. The van der Waals surface area contributed by atoms with E-state index in [1.54, 1.807) is 36.5 Å². The number of sulfonamides is 1. The first-order valence-corrected chi connectivity index (χ1v) is 15.9. The van der Waals surface area contributed by atoms with Crippen LogP contribution in [-0.4, -0.2) is 50.8 Å². The van der Waals surface area contributed by atoms with E-state index in [2.05, 4.69) is 4.98 Å². The number of amides is 1. The lowest BCUT2D eigenvalue weighted by Gasteiger charge is -2.28. The highest BCUT2D eigenvalue weighted by Crippen LogP contribution is 2.38. The van der Waals surface area contributed by atoms with Crippen LogP contribution >= 0.6 is 11.3 Å². The molecule has 0 fully saturated rings. The summed E-state index contributed by atoms with van der Waals surface area (Å²) in [5, 5.41) is 9.03. The number of carbonyl (C=O) groups excluding carboxylic acids is 1. The molecule has 1 unspecified atom stereocenters. The van der Waals surface area contributed by atoms with Crippen molar-refractivity contribution < 1.29 is 27.1 Å². The van der Waals surface area contributed by atoms with Gasteiger partial charge in [0.25, 0.3) is 15.9 Å². The van der Waals surface area contributed by atoms with Crippen LogP contribution in [0.5, 0.6) is 11.5 Å². The summed E-state index contributed by atoms with van der Waals surface area (Å²) in [5.41, 5.74) is 1.57. The molecule has 2 aromatic heterocycles. The molecule has 1 aliphatic heterocycles. The van der Waals surface area contributed by atoms with Crippen molar-refractivity contribution in [1.82, 2.24) is 9.99 Å². The molecule has 3 aromatic carbocycles. The highest BCUT2D eigenvalue weighted by atomic mass is 32.2. The van der Waals surface area contributed by atoms with E-state index in [9.17, 15) is 17.6 Å². The van der Waals surface area contributed by atoms with Crippen molar-refractivity contribution in [2.75, 3.05) is 25.1 Å². The predicted molar refractivity (Wildman–Crippen MR) is 167 cm³/mol. The zero-order valence-corrected chi connectivity index (χ0v) is 25.4. The van der Waals surface area contributed by atoms with Crippen LogP contribution in [0.25, 0.3) is 10.8 Å². The number of benzene rings is 3. The van der Waals surface area contributed by atoms with Crippen molar-refractivity contribution in [2.24, 2.45) is 5.10 Å². The first-order chi connectivity index (χ1) is 21.3. The summed E-state index contributed by atoms with van der Waals surface area (Å²) < 4.78 is 54.5. The third kappa shape index (κ3) is 5.49. The molecular weight excluding hydrogens is 604 g/mol. The Kier molecular flexibility index (Phi) is 8.02. The number of methoxy groups -OCH3 is 2. The third-order valence-corrected chi connectivity index (χ3v) is 10.1. The zero-order valence-electron chi connectivity index (χ0n) is 23.8. The number of hydrogen-bond donors (Lipinski definition) is 0. The normalized spacial score (nSPS) is 14.8. The van der Waals surface area contributed by atoms with Gasteiger partial charge in [-0.25, -0.2) is 17.8 Å². The lowest BCUT2D eigenvalue weighted by molar-refractivity contribution is -0.131. The number of pyridine rings is 1. The fourth-order valence-corrected chi connectivity index (χ4v) is 7.56. The molecule has 1 amide bonds. The molecule has 1 aliphatic rings. The summed E-state index contributed by atoms with van der Waals surface area (Å²) in [5.74, 6) is -0.0774. The van der Waals surface area contributed by atoms with Crippen molar-refractivity contribution >= 4 is 49.4 Å². The second-order valence-electron chi connectivity index (χ2n) is 9.94. The van der Waals surface area contributed by atoms with Crippen molar-refractivity contribution in [1.29, 1.82) is 0 Å². The smallest absolute Gasteiger partial charge is 0.265 e. The summed E-state index contributed by atoms with van der Waals surface area (Å²) in [6.45, 7) is -0.583. The van der Waals surface area contributed by atoms with E-state index in [4.69, 9.17) is 14.6 Å². The van der Waals surface area contributed by atoms with Gasteiger partial charge in [0.1, 0.15) is 12.4 Å². The van der Waals surface area contributed by atoms with Gasteiger partial charge in [-0.2, -0.15) is 5.10 Å². The average molecular weight is 631 g/mol. The summed E-state index contributed by atoms with van der Waals surface area (Å²) >= 11 is 1.50. The fraction of sp³-hybridized carbons (Fsp3) is 0.156. The number of anilines is 1. The molecule has 0 saturated heterocycles. The summed E-state index contributed by atoms with van der Waals surface area (Å²) in [4.78, 5) is 19.2. The Morgan fingerprint density at radius 2 is 1.82 bits per heavy atom. The van der Waals surface area contributed by atoms with Gasteiger partial charge < -0.3 is 9.47 Å². The maximum Gasteiger partial charge on any atom is 0.265 e. The van der Waals surface area contributed by atoms with Crippen molar-refractivity contribution in [3.8, 4) is 11.5 Å². The van der Waals surface area contributed by atoms with E-state index in [1.807, 2.05) is 23.6 Å². The third-order valence-electron chi connectivity index (χ3n) is 7.37. The Labute approximate surface area is 257 Å². The zero-order chi connectivity index (χ0) is 30.8. The molecule has 224 valence electrons. The largest absolute Gasteiger partial charge is 0.493 e. The Morgan fingerprint density at radius 3 is 2.55 bits per heavy atom. The van der Waals surface area contributed by atoms with Gasteiger partial charge in [0.2, 0.25) is 0 Å². The van der Waals surface area contributed by atoms with E-state index >= 15 is 0 Å². The second-order valence-corrected chi connectivity index (χ2v) is 12.7. The van der Waals surface area contributed by atoms with Crippen molar-refractivity contribution in [3.05, 3.63) is 113 Å². The number of rotatable bonds is 9. The highest BCUT2D eigenvalue weighted by Gasteiger charge is 2.37. The second kappa shape index (κ2) is 12.1. The predicted octanol–water partition coefficient (Wildman–Crippen LogP) is 6.03. The van der Waals surface area contributed by atoms with Gasteiger partial charge in [0, 0.05) is 29.6 Å². The van der Waals surface area contributed by atoms with Crippen LogP contribution in [0.15, 0.2) is 107 Å². The van der Waals surface area contributed by atoms with Gasteiger partial charge in [0.15, 0.2) is 11.5 Å². The minimum atomic E-state index is -4.32. The van der Waals surface area contributed by atoms with Crippen molar-refractivity contribution in [2.45, 2.75) is 17.4 Å². The number of hydrazone groups is 1. The van der Waals surface area contributed by atoms with E-state index in [1.165, 1.54) is 55.0 Å². The number of nitrogens with zero attached hydrogens (tertiary/aromatic N) is 4. The van der Waals surface area contributed by atoms with E-state index in [-0.39, 0.29) is 10.6 Å². The number of hydrogen-bond acceptors (Lipinski definition) is 8. The number of halogens is 1. The molecule has 44 heavy (non-hydrogen) atoms. The minimum absolute atomic E-state index is 0.00448. The molecule has 0 saturated carbocycles. The number of ether oxygens (including phenoxy) is 2. The molecule has 12 heteroatoms. The van der Waals surface area contributed by atoms with Crippen LogP contribution in [-0.2, 0) is 14.8 Å². The lowest BCUT2D eigenvalue weighted by Crippen LogP contribution is -2.41. The lowest BCUT2D eigenvalue weighted by atomic mass is 10.0. The molecule has 9 nitrogen and oxygen atoms in total. The minimum Gasteiger partial charge on any atom is -0.493 e. The van der Waals surface area contributed by atoms with Gasteiger partial charge in [-0.1, -0.05) is 24.3 Å². The van der Waals surface area contributed by atoms with Gasteiger partial charge in [-0.05, 0) is 65.5 Å². The standard InChI is InChI=1S/C32H27FN4O5S2/c1-41-28-13-8-21(17-29(28)42-2)27-18-26(30-6-4-16-43-30)35-37(27)32(38)20-36(24-11-9-23(33)10-12-24)44(39,40)31-7-3-5-22-19-34-15-14-25(22)31/h3-17,19,27H,18,20H2,1-2H3. The molecule has 0 bridgehead atoms. The van der Waals surface area contributed by atoms with Gasteiger partial charge in [0.05, 0.1) is 41.4 Å². The molecule has 0 aliphatic carbocycles. The fourth-order valence-electron chi connectivity index (χ4n) is 5.21. The monoisotopic (exact) mass is 630 g/mol. The summed E-state index contributed by atoms with van der Waals surface area (Å²) in [6.07, 6.45) is 3.48. The number of carbonyl (C=O) groups is 1. The quantitative estimate of drug-likeness (QED) is 0.197. The molecule has 0 radical (unpaired) electrons. The van der Waals surface area contributed by atoms with Crippen LogP contribution in [0, 0.1) is 5.82 Å². The number of thiophene rings is 1. The Hall–Kier alpha value is -4.81. The van der Waals surface area contributed by atoms with Crippen LogP contribution in [0.2, 0.25) is 0 Å². The van der Waals surface area contributed by atoms with Crippen molar-refractivity contribution in [3.63, 3.8) is 0 Å². The van der Waals surface area contributed by atoms with Gasteiger partial charge in [-0.3, -0.25) is 14.1 Å². The number of fused-ring (bicyclic) bond motifs is 1. The molecule has 5 aromatic rings. The Morgan fingerprint density at radius 1 is 1.02 bits per heavy atom. The van der Waals surface area contributed by atoms with Crippen LogP contribution < -0.4 is 13.8 Å². The first-order valence-electron chi connectivity index (χ1n) is 13.6. The molecule has 6 rings (SSSR count). The number of aromatic nitrogens is 1. The van der Waals surface area contributed by atoms with E-state index in [0.717, 1.165) is 26.9 Å². The summed E-state index contributed by atoms with van der Waals surface area (Å²) in [6, 6.07) is 20.1. The maximum atomic E-state index is 14.3. The van der Waals surface area contributed by atoms with E-state index < -0.39 is 34.3 Å². The molecule has 0 N–H and O–H groups in total. The summed E-state index contributed by atoms with van der Waals surface area (Å²) in [7, 11) is -1.26. The molecule has 3 heterocycles. The topological polar surface area (TPSA) is 101 Å². The molecular formula is C32H27FN4O5S2.